The number of hydrogen-bond acceptors (Lipinski definition) is 6. The average Bonchev–Trinajstić information content (AvgIpc) is 2.62. The first kappa shape index (κ1) is 27.1. The minimum Gasteiger partial charge on any atom is -0.469 e. The molecule has 0 aromatic carbocycles. The third-order valence-electron chi connectivity index (χ3n) is 4.96. The molecule has 1 fully saturated rings. The van der Waals surface area contributed by atoms with Gasteiger partial charge in [0, 0.05) is 0 Å². The Morgan fingerprint density at radius 2 is 1.10 bits per heavy atom. The van der Waals surface area contributed by atoms with Crippen molar-refractivity contribution < 1.29 is 28.6 Å². The Hall–Kier alpha value is -0.939. The quantitative estimate of drug-likeness (QED) is 0.288. The molecule has 0 bridgehead atoms. The van der Waals surface area contributed by atoms with E-state index in [4.69, 9.17) is 14.2 Å². The van der Waals surface area contributed by atoms with Crippen LogP contribution in [0.3, 0.4) is 0 Å². The summed E-state index contributed by atoms with van der Waals surface area (Å²) in [5.74, 6) is -2.42. The topological polar surface area (TPSA) is 78.9 Å². The van der Waals surface area contributed by atoms with Crippen LogP contribution in [0.5, 0.6) is 0 Å². The highest BCUT2D eigenvalue weighted by Gasteiger charge is 2.42. The van der Waals surface area contributed by atoms with Crippen molar-refractivity contribution in [2.75, 3.05) is 12.5 Å². The van der Waals surface area contributed by atoms with E-state index in [1.54, 1.807) is 0 Å². The summed E-state index contributed by atoms with van der Waals surface area (Å²) in [6.45, 7) is 18.5. The minimum absolute atomic E-state index is 0.311. The first-order valence-corrected chi connectivity index (χ1v) is 19.7. The SMILES string of the molecule is C[Si]C(C)(C)OC(=O)C1CC(C(=O)OC[Si](C)(C)C)CC(C(=O)OC[Si](C)(C)C)C1. The van der Waals surface area contributed by atoms with Crippen molar-refractivity contribution >= 4 is 43.6 Å². The van der Waals surface area contributed by atoms with Gasteiger partial charge >= 0.3 is 17.9 Å². The lowest BCUT2D eigenvalue weighted by molar-refractivity contribution is -0.163. The normalized spacial score (nSPS) is 22.9. The molecule has 172 valence electrons. The van der Waals surface area contributed by atoms with Crippen LogP contribution < -0.4 is 0 Å². The number of hydrogen-bond donors (Lipinski definition) is 0. The van der Waals surface area contributed by atoms with E-state index in [1.165, 1.54) is 0 Å². The fourth-order valence-corrected chi connectivity index (χ4v) is 4.45. The van der Waals surface area contributed by atoms with Crippen LogP contribution in [0.2, 0.25) is 45.8 Å². The van der Waals surface area contributed by atoms with E-state index in [0.29, 0.717) is 41.2 Å². The molecule has 30 heavy (non-hydrogen) atoms. The molecule has 0 amide bonds. The van der Waals surface area contributed by atoms with E-state index in [-0.39, 0.29) is 17.9 Å². The predicted molar refractivity (Wildman–Crippen MR) is 125 cm³/mol. The van der Waals surface area contributed by atoms with Gasteiger partial charge in [-0.15, -0.1) is 0 Å². The molecule has 0 saturated heterocycles. The van der Waals surface area contributed by atoms with Crippen molar-refractivity contribution in [3.8, 4) is 0 Å². The number of esters is 3. The van der Waals surface area contributed by atoms with Crippen LogP contribution in [0.25, 0.3) is 0 Å². The largest absolute Gasteiger partial charge is 0.469 e. The van der Waals surface area contributed by atoms with E-state index in [1.807, 2.05) is 20.4 Å². The highest BCUT2D eigenvalue weighted by atomic mass is 28.3. The summed E-state index contributed by atoms with van der Waals surface area (Å²) in [6.07, 6.45) is 1.98. The lowest BCUT2D eigenvalue weighted by atomic mass is 9.75. The Bertz CT molecular complexity index is 583. The number of carbonyl (C=O) groups is 3. The van der Waals surface area contributed by atoms with E-state index < -0.39 is 39.1 Å². The van der Waals surface area contributed by atoms with Gasteiger partial charge in [-0.3, -0.25) is 14.4 Å². The number of carbonyl (C=O) groups excluding carboxylic acids is 3. The van der Waals surface area contributed by atoms with Gasteiger partial charge in [0.1, 0.15) is 0 Å². The minimum atomic E-state index is -1.55. The van der Waals surface area contributed by atoms with E-state index in [9.17, 15) is 14.4 Å². The lowest BCUT2D eigenvalue weighted by Crippen LogP contribution is -2.42. The second kappa shape index (κ2) is 10.6. The van der Waals surface area contributed by atoms with Crippen molar-refractivity contribution in [1.82, 2.24) is 0 Å². The van der Waals surface area contributed by atoms with Crippen LogP contribution >= 0.6 is 0 Å². The molecule has 2 radical (unpaired) electrons. The van der Waals surface area contributed by atoms with Gasteiger partial charge in [-0.1, -0.05) is 45.8 Å². The van der Waals surface area contributed by atoms with Gasteiger partial charge in [-0.25, -0.2) is 0 Å². The molecule has 1 rings (SSSR count). The monoisotopic (exact) mass is 472 g/mol. The first-order valence-electron chi connectivity index (χ1n) is 10.8. The average molecular weight is 473 g/mol. The van der Waals surface area contributed by atoms with Gasteiger partial charge < -0.3 is 14.2 Å². The van der Waals surface area contributed by atoms with Crippen LogP contribution in [-0.2, 0) is 28.6 Å². The highest BCUT2D eigenvalue weighted by Crippen LogP contribution is 2.36. The molecule has 0 N–H and O–H groups in total. The molecule has 0 heterocycles. The third kappa shape index (κ3) is 9.91. The zero-order valence-corrected chi connectivity index (χ0v) is 23.2. The highest BCUT2D eigenvalue weighted by molar-refractivity contribution is 6.76. The van der Waals surface area contributed by atoms with E-state index in [2.05, 4.69) is 39.3 Å². The fourth-order valence-electron chi connectivity index (χ4n) is 3.09. The molecule has 0 aromatic rings. The smallest absolute Gasteiger partial charge is 0.309 e. The summed E-state index contributed by atoms with van der Waals surface area (Å²) in [4.78, 5) is 38.3. The summed E-state index contributed by atoms with van der Waals surface area (Å²) < 4.78 is 16.8. The Kier molecular flexibility index (Phi) is 9.56. The molecule has 1 saturated carbocycles. The Labute approximate surface area is 186 Å². The van der Waals surface area contributed by atoms with Crippen LogP contribution in [-0.4, -0.2) is 61.3 Å². The van der Waals surface area contributed by atoms with Crippen molar-refractivity contribution in [3.05, 3.63) is 0 Å². The van der Waals surface area contributed by atoms with Crippen LogP contribution in [0.15, 0.2) is 0 Å². The van der Waals surface area contributed by atoms with E-state index >= 15 is 0 Å². The van der Waals surface area contributed by atoms with E-state index in [0.717, 1.165) is 0 Å². The molecular weight excluding hydrogens is 432 g/mol. The third-order valence-corrected chi connectivity index (χ3v) is 8.29. The predicted octanol–water partition coefficient (Wildman–Crippen LogP) is 3.89. The van der Waals surface area contributed by atoms with Gasteiger partial charge in [-0.2, -0.15) is 0 Å². The Balaban J connectivity index is 2.94. The molecular formula is C21H40O6Si3. The summed E-state index contributed by atoms with van der Waals surface area (Å²) in [5.41, 5.74) is 0. The van der Waals surface area contributed by atoms with Crippen molar-refractivity contribution in [1.29, 1.82) is 0 Å². The number of rotatable bonds is 9. The zero-order valence-electron chi connectivity index (χ0n) is 20.2. The van der Waals surface area contributed by atoms with Crippen LogP contribution in [0.4, 0.5) is 0 Å². The first-order chi connectivity index (χ1) is 13.5. The maximum absolute atomic E-state index is 12.8. The van der Waals surface area contributed by atoms with Gasteiger partial charge in [0.25, 0.3) is 0 Å². The molecule has 1 aliphatic rings. The van der Waals surface area contributed by atoms with Gasteiger partial charge in [0.2, 0.25) is 0 Å². The Morgan fingerprint density at radius 1 is 0.767 bits per heavy atom. The van der Waals surface area contributed by atoms with Gasteiger partial charge in [0.15, 0.2) is 0 Å². The summed E-state index contributed by atoms with van der Waals surface area (Å²) in [5, 5.41) is -0.545. The fraction of sp³-hybridized carbons (Fsp3) is 0.857. The second-order valence-corrected chi connectivity index (χ2v) is 23.8. The summed E-state index contributed by atoms with van der Waals surface area (Å²) >= 11 is 0. The second-order valence-electron chi connectivity index (χ2n) is 11.3. The van der Waals surface area contributed by atoms with Crippen molar-refractivity contribution in [2.45, 2.75) is 84.2 Å². The Morgan fingerprint density at radius 3 is 1.40 bits per heavy atom. The van der Waals surface area contributed by atoms with Crippen molar-refractivity contribution in [2.24, 2.45) is 17.8 Å². The van der Waals surface area contributed by atoms with Crippen molar-refractivity contribution in [3.63, 3.8) is 0 Å². The molecule has 0 spiro atoms. The molecule has 6 nitrogen and oxygen atoms in total. The summed E-state index contributed by atoms with van der Waals surface area (Å²) in [6, 6.07) is 0. The molecule has 2 atom stereocenters. The molecule has 9 heteroatoms. The van der Waals surface area contributed by atoms with Crippen LogP contribution in [0.1, 0.15) is 33.1 Å². The number of ether oxygens (including phenoxy) is 3. The zero-order chi connectivity index (χ0) is 23.3. The molecule has 2 unspecified atom stereocenters. The lowest BCUT2D eigenvalue weighted by Gasteiger charge is -2.34. The maximum atomic E-state index is 12.8. The standard InChI is InChI=1S/C21H40O6Si3/c1-21(2,28-3)27-20(24)17-11-15(18(22)25-13-29(4,5)6)10-16(12-17)19(23)26-14-30(7,8)9/h15-17H,10-14H2,1-9H3. The van der Waals surface area contributed by atoms with Gasteiger partial charge in [-0.05, 0) is 33.1 Å². The molecule has 0 aromatic heterocycles. The molecule has 1 aliphatic carbocycles. The molecule has 0 aliphatic heterocycles. The summed E-state index contributed by atoms with van der Waals surface area (Å²) in [7, 11) is -2.67. The maximum Gasteiger partial charge on any atom is 0.309 e. The van der Waals surface area contributed by atoms with Gasteiger partial charge in [0.05, 0.1) is 61.1 Å². The van der Waals surface area contributed by atoms with Crippen LogP contribution in [0, 0.1) is 17.8 Å².